The maximum atomic E-state index is 12.5. The quantitative estimate of drug-likeness (QED) is 0.914. The van der Waals surface area contributed by atoms with Gasteiger partial charge < -0.3 is 10.6 Å². The lowest BCUT2D eigenvalue weighted by molar-refractivity contribution is 0.0987. The molecule has 0 unspecified atom stereocenters. The monoisotopic (exact) mass is 255 g/mol. The summed E-state index contributed by atoms with van der Waals surface area (Å²) in [6.07, 6.45) is 1.63. The van der Waals surface area contributed by atoms with Crippen molar-refractivity contribution < 1.29 is 4.79 Å². The number of hydrogen-bond donors (Lipinski definition) is 1. The molecule has 1 aromatic carbocycles. The van der Waals surface area contributed by atoms with E-state index in [0.717, 1.165) is 16.8 Å². The third-order valence-electron chi connectivity index (χ3n) is 3.09. The summed E-state index contributed by atoms with van der Waals surface area (Å²) < 4.78 is 0. The molecule has 19 heavy (non-hydrogen) atoms. The molecule has 2 rings (SSSR count). The highest BCUT2D eigenvalue weighted by atomic mass is 16.2. The average Bonchev–Trinajstić information content (AvgIpc) is 2.46. The molecule has 0 radical (unpaired) electrons. The molecule has 0 aliphatic carbocycles. The molecule has 1 heterocycles. The van der Waals surface area contributed by atoms with E-state index in [0.29, 0.717) is 12.2 Å². The number of nitrogens with zero attached hydrogens (tertiary/aromatic N) is 2. The van der Waals surface area contributed by atoms with E-state index < -0.39 is 0 Å². The van der Waals surface area contributed by atoms with Crippen LogP contribution in [0.3, 0.4) is 0 Å². The Hall–Kier alpha value is -2.20. The lowest BCUT2D eigenvalue weighted by Gasteiger charge is -2.20. The molecule has 1 aromatic heterocycles. The maximum absolute atomic E-state index is 12.5. The van der Waals surface area contributed by atoms with Crippen molar-refractivity contribution in [2.75, 3.05) is 11.9 Å². The van der Waals surface area contributed by atoms with Crippen LogP contribution in [0.25, 0.3) is 0 Å². The van der Waals surface area contributed by atoms with Gasteiger partial charge in [-0.05, 0) is 30.2 Å². The largest absolute Gasteiger partial charge is 0.326 e. The molecule has 4 nitrogen and oxygen atoms in total. The molecule has 4 heteroatoms. The fourth-order valence-corrected chi connectivity index (χ4v) is 1.99. The first-order valence-electron chi connectivity index (χ1n) is 6.12. The van der Waals surface area contributed by atoms with Gasteiger partial charge in [0.05, 0.1) is 0 Å². The first kappa shape index (κ1) is 13.2. The lowest BCUT2D eigenvalue weighted by atomic mass is 10.1. The van der Waals surface area contributed by atoms with Gasteiger partial charge in [-0.1, -0.05) is 24.3 Å². The lowest BCUT2D eigenvalue weighted by Crippen LogP contribution is -2.29. The number of hydrogen-bond acceptors (Lipinski definition) is 3. The predicted molar refractivity (Wildman–Crippen MR) is 76.0 cm³/mol. The highest BCUT2D eigenvalue weighted by molar-refractivity contribution is 6.05. The number of aromatic nitrogens is 1. The second-order valence-corrected chi connectivity index (χ2v) is 4.37. The van der Waals surface area contributed by atoms with E-state index in [1.54, 1.807) is 18.1 Å². The van der Waals surface area contributed by atoms with Crippen molar-refractivity contribution in [3.05, 3.63) is 59.4 Å². The van der Waals surface area contributed by atoms with Crippen LogP contribution in [0.15, 0.2) is 42.6 Å². The van der Waals surface area contributed by atoms with Crippen LogP contribution in [0.1, 0.15) is 21.6 Å². The maximum Gasteiger partial charge on any atom is 0.276 e. The number of carbonyl (C=O) groups is 1. The fourth-order valence-electron chi connectivity index (χ4n) is 1.99. The van der Waals surface area contributed by atoms with Gasteiger partial charge in [-0.15, -0.1) is 0 Å². The number of anilines is 1. The third kappa shape index (κ3) is 2.63. The topological polar surface area (TPSA) is 59.2 Å². The molecule has 2 aromatic rings. The van der Waals surface area contributed by atoms with Crippen molar-refractivity contribution in [3.8, 4) is 0 Å². The minimum atomic E-state index is -0.126. The molecular weight excluding hydrogens is 238 g/mol. The first-order chi connectivity index (χ1) is 9.15. The standard InChI is InChI=1S/C15H17N3O/c1-11-6-5-9-17-14(11)15(19)18(2)13-8-4-3-7-12(13)10-16/h3-9H,10,16H2,1-2H3. The van der Waals surface area contributed by atoms with Gasteiger partial charge in [0.15, 0.2) is 0 Å². The van der Waals surface area contributed by atoms with Crippen molar-refractivity contribution in [2.45, 2.75) is 13.5 Å². The Morgan fingerprint density at radius 1 is 1.26 bits per heavy atom. The summed E-state index contributed by atoms with van der Waals surface area (Å²) in [6, 6.07) is 11.3. The van der Waals surface area contributed by atoms with E-state index in [1.165, 1.54) is 0 Å². The third-order valence-corrected chi connectivity index (χ3v) is 3.09. The number of nitrogens with two attached hydrogens (primary N) is 1. The van der Waals surface area contributed by atoms with Gasteiger partial charge in [0.2, 0.25) is 0 Å². The van der Waals surface area contributed by atoms with Crippen LogP contribution in [0.2, 0.25) is 0 Å². The molecule has 0 aliphatic rings. The average molecular weight is 255 g/mol. The zero-order valence-corrected chi connectivity index (χ0v) is 11.1. The summed E-state index contributed by atoms with van der Waals surface area (Å²) in [5.41, 5.74) is 8.79. The smallest absolute Gasteiger partial charge is 0.276 e. The van der Waals surface area contributed by atoms with Crippen LogP contribution in [0.5, 0.6) is 0 Å². The van der Waals surface area contributed by atoms with Gasteiger partial charge in [0, 0.05) is 25.5 Å². The van der Waals surface area contributed by atoms with Crippen LogP contribution >= 0.6 is 0 Å². The SMILES string of the molecule is Cc1cccnc1C(=O)N(C)c1ccccc1CN. The van der Waals surface area contributed by atoms with E-state index in [-0.39, 0.29) is 5.91 Å². The molecule has 1 amide bonds. The van der Waals surface area contributed by atoms with Gasteiger partial charge in [-0.2, -0.15) is 0 Å². The van der Waals surface area contributed by atoms with E-state index in [9.17, 15) is 4.79 Å². The Labute approximate surface area is 112 Å². The van der Waals surface area contributed by atoms with Gasteiger partial charge in [-0.25, -0.2) is 0 Å². The van der Waals surface area contributed by atoms with Crippen molar-refractivity contribution in [2.24, 2.45) is 5.73 Å². The molecule has 0 fully saturated rings. The fraction of sp³-hybridized carbons (Fsp3) is 0.200. The Morgan fingerprint density at radius 2 is 2.00 bits per heavy atom. The van der Waals surface area contributed by atoms with Crippen molar-refractivity contribution in [1.82, 2.24) is 4.98 Å². The van der Waals surface area contributed by atoms with E-state index >= 15 is 0 Å². The Kier molecular flexibility index (Phi) is 3.92. The molecule has 98 valence electrons. The van der Waals surface area contributed by atoms with E-state index in [1.807, 2.05) is 43.3 Å². The highest BCUT2D eigenvalue weighted by Gasteiger charge is 2.18. The van der Waals surface area contributed by atoms with Crippen molar-refractivity contribution >= 4 is 11.6 Å². The molecule has 2 N–H and O–H groups in total. The van der Waals surface area contributed by atoms with Gasteiger partial charge in [0.25, 0.3) is 5.91 Å². The van der Waals surface area contributed by atoms with Crippen LogP contribution in [-0.2, 0) is 6.54 Å². The summed E-state index contributed by atoms with van der Waals surface area (Å²) in [4.78, 5) is 18.2. The normalized spacial score (nSPS) is 10.3. The molecular formula is C15H17N3O. The number of aryl methyl sites for hydroxylation is 1. The summed E-state index contributed by atoms with van der Waals surface area (Å²) in [5.74, 6) is -0.126. The Bertz CT molecular complexity index is 595. The summed E-state index contributed by atoms with van der Waals surface area (Å²) >= 11 is 0. The molecule has 0 aliphatic heterocycles. The van der Waals surface area contributed by atoms with Gasteiger partial charge in [-0.3, -0.25) is 9.78 Å². The molecule has 0 saturated carbocycles. The van der Waals surface area contributed by atoms with E-state index in [4.69, 9.17) is 5.73 Å². The zero-order chi connectivity index (χ0) is 13.8. The molecule has 0 bridgehead atoms. The molecule has 0 atom stereocenters. The van der Waals surface area contributed by atoms with E-state index in [2.05, 4.69) is 4.98 Å². The number of rotatable bonds is 3. The van der Waals surface area contributed by atoms with Crippen molar-refractivity contribution in [1.29, 1.82) is 0 Å². The minimum Gasteiger partial charge on any atom is -0.326 e. The van der Waals surface area contributed by atoms with Crippen molar-refractivity contribution in [3.63, 3.8) is 0 Å². The highest BCUT2D eigenvalue weighted by Crippen LogP contribution is 2.20. The summed E-state index contributed by atoms with van der Waals surface area (Å²) in [6.45, 7) is 2.28. The minimum absolute atomic E-state index is 0.126. The predicted octanol–water partition coefficient (Wildman–Crippen LogP) is 2.13. The van der Waals surface area contributed by atoms with Crippen LogP contribution in [0.4, 0.5) is 5.69 Å². The van der Waals surface area contributed by atoms with Crippen LogP contribution in [0, 0.1) is 6.92 Å². The number of benzene rings is 1. The Balaban J connectivity index is 2.37. The number of carbonyl (C=O) groups excluding carboxylic acids is 1. The van der Waals surface area contributed by atoms with Gasteiger partial charge in [0.1, 0.15) is 5.69 Å². The second kappa shape index (κ2) is 5.63. The van der Waals surface area contributed by atoms with Crippen LogP contribution in [-0.4, -0.2) is 17.9 Å². The van der Waals surface area contributed by atoms with Gasteiger partial charge >= 0.3 is 0 Å². The summed E-state index contributed by atoms with van der Waals surface area (Å²) in [7, 11) is 1.74. The molecule has 0 saturated heterocycles. The van der Waals surface area contributed by atoms with Crippen LogP contribution < -0.4 is 10.6 Å². The number of amides is 1. The number of para-hydroxylation sites is 1. The summed E-state index contributed by atoms with van der Waals surface area (Å²) in [5, 5.41) is 0. The zero-order valence-electron chi connectivity index (χ0n) is 11.1. The molecule has 0 spiro atoms. The first-order valence-corrected chi connectivity index (χ1v) is 6.12. The Morgan fingerprint density at radius 3 is 2.68 bits per heavy atom. The number of pyridine rings is 1. The second-order valence-electron chi connectivity index (χ2n) is 4.37.